The summed E-state index contributed by atoms with van der Waals surface area (Å²) in [5.41, 5.74) is 1.30. The Morgan fingerprint density at radius 1 is 1.07 bits per heavy atom. The Morgan fingerprint density at radius 3 is 2.41 bits per heavy atom. The molecule has 7 nitrogen and oxygen atoms in total. The van der Waals surface area contributed by atoms with Crippen molar-refractivity contribution in [2.24, 2.45) is 4.99 Å². The zero-order chi connectivity index (χ0) is 20.0. The molecule has 0 saturated carbocycles. The highest BCUT2D eigenvalue weighted by atomic mass is 127. The average molecular weight is 520 g/mol. The van der Waals surface area contributed by atoms with Gasteiger partial charge in [0.05, 0.1) is 26.4 Å². The molecule has 1 unspecified atom stereocenters. The van der Waals surface area contributed by atoms with Crippen LogP contribution in [0, 0.1) is 0 Å². The third-order valence-electron chi connectivity index (χ3n) is 4.96. The molecule has 2 rings (SSSR count). The van der Waals surface area contributed by atoms with Crippen LogP contribution in [0.25, 0.3) is 0 Å². The van der Waals surface area contributed by atoms with E-state index >= 15 is 0 Å². The monoisotopic (exact) mass is 520 g/mol. The van der Waals surface area contributed by atoms with Gasteiger partial charge in [-0.25, -0.2) is 0 Å². The van der Waals surface area contributed by atoms with Gasteiger partial charge in [0, 0.05) is 33.9 Å². The maximum absolute atomic E-state index is 5.49. The minimum Gasteiger partial charge on any atom is -0.497 e. The summed E-state index contributed by atoms with van der Waals surface area (Å²) in [6, 6.07) is 8.72. The van der Waals surface area contributed by atoms with E-state index in [9.17, 15) is 0 Å². The van der Waals surface area contributed by atoms with E-state index in [0.29, 0.717) is 19.3 Å². The van der Waals surface area contributed by atoms with Gasteiger partial charge in [0.15, 0.2) is 5.96 Å². The maximum atomic E-state index is 5.49. The van der Waals surface area contributed by atoms with Gasteiger partial charge in [0.2, 0.25) is 0 Å². The second-order valence-corrected chi connectivity index (χ2v) is 6.87. The highest BCUT2D eigenvalue weighted by Crippen LogP contribution is 2.26. The van der Waals surface area contributed by atoms with Crippen LogP contribution in [0.5, 0.6) is 5.75 Å². The summed E-state index contributed by atoms with van der Waals surface area (Å²) in [7, 11) is 5.19. The van der Waals surface area contributed by atoms with E-state index < -0.39 is 0 Å². The zero-order valence-corrected chi connectivity index (χ0v) is 20.3. The molecule has 29 heavy (non-hydrogen) atoms. The summed E-state index contributed by atoms with van der Waals surface area (Å²) in [6.45, 7) is 5.92. The molecule has 166 valence electrons. The minimum atomic E-state index is 0. The largest absolute Gasteiger partial charge is 0.497 e. The molecule has 0 amide bonds. The fourth-order valence-electron chi connectivity index (χ4n) is 3.38. The number of ether oxygens (including phenoxy) is 3. The summed E-state index contributed by atoms with van der Waals surface area (Å²) < 4.78 is 15.8. The van der Waals surface area contributed by atoms with Gasteiger partial charge in [-0.05, 0) is 50.0 Å². The van der Waals surface area contributed by atoms with Gasteiger partial charge in [-0.15, -0.1) is 24.0 Å². The van der Waals surface area contributed by atoms with Crippen LogP contribution in [-0.4, -0.2) is 78.1 Å². The van der Waals surface area contributed by atoms with Crippen LogP contribution in [0.3, 0.4) is 0 Å². The van der Waals surface area contributed by atoms with Crippen LogP contribution in [0.1, 0.15) is 30.9 Å². The number of nitrogens with one attached hydrogen (secondary N) is 2. The lowest BCUT2D eigenvalue weighted by atomic mass is 10.1. The van der Waals surface area contributed by atoms with E-state index in [1.165, 1.54) is 18.4 Å². The Labute approximate surface area is 192 Å². The van der Waals surface area contributed by atoms with E-state index in [0.717, 1.165) is 50.9 Å². The van der Waals surface area contributed by atoms with Crippen molar-refractivity contribution in [2.45, 2.75) is 25.3 Å². The van der Waals surface area contributed by atoms with Crippen LogP contribution in [0.2, 0.25) is 0 Å². The van der Waals surface area contributed by atoms with Gasteiger partial charge < -0.3 is 24.8 Å². The molecule has 1 atom stereocenters. The molecule has 8 heteroatoms. The molecule has 1 heterocycles. The van der Waals surface area contributed by atoms with Crippen molar-refractivity contribution in [3.8, 4) is 5.75 Å². The van der Waals surface area contributed by atoms with Gasteiger partial charge in [-0.2, -0.15) is 0 Å². The second-order valence-electron chi connectivity index (χ2n) is 6.87. The molecular weight excluding hydrogens is 483 g/mol. The minimum absolute atomic E-state index is 0. The van der Waals surface area contributed by atoms with Gasteiger partial charge in [-0.1, -0.05) is 12.1 Å². The molecular formula is C21H37IN4O3. The lowest BCUT2D eigenvalue weighted by Gasteiger charge is -2.29. The van der Waals surface area contributed by atoms with E-state index in [2.05, 4.69) is 32.7 Å². The Bertz CT molecular complexity index is 566. The van der Waals surface area contributed by atoms with Crippen LogP contribution in [-0.2, 0) is 9.47 Å². The summed E-state index contributed by atoms with van der Waals surface area (Å²) in [5, 5.41) is 6.85. The van der Waals surface area contributed by atoms with Crippen molar-refractivity contribution < 1.29 is 14.2 Å². The molecule has 0 aliphatic carbocycles. The second kappa shape index (κ2) is 15.7. The number of hydrogen-bond donors (Lipinski definition) is 2. The number of rotatable bonds is 12. The average Bonchev–Trinajstić information content (AvgIpc) is 3.26. The first-order chi connectivity index (χ1) is 13.8. The SMILES string of the molecule is CN=C(NCCCOCCOC)NCC(c1ccc(OC)cc1)N1CCCC1.I. The fraction of sp³-hybridized carbons (Fsp3) is 0.667. The van der Waals surface area contributed by atoms with Crippen LogP contribution in [0.4, 0.5) is 0 Å². The van der Waals surface area contributed by atoms with Gasteiger partial charge in [0.25, 0.3) is 0 Å². The normalized spacial score (nSPS) is 15.6. The molecule has 0 radical (unpaired) electrons. The van der Waals surface area contributed by atoms with E-state index in [4.69, 9.17) is 14.2 Å². The highest BCUT2D eigenvalue weighted by Gasteiger charge is 2.23. The van der Waals surface area contributed by atoms with Gasteiger partial charge in [0.1, 0.15) is 5.75 Å². The van der Waals surface area contributed by atoms with Crippen molar-refractivity contribution >= 4 is 29.9 Å². The van der Waals surface area contributed by atoms with E-state index in [1.807, 2.05) is 19.2 Å². The lowest BCUT2D eigenvalue weighted by Crippen LogP contribution is -2.43. The van der Waals surface area contributed by atoms with Gasteiger partial charge >= 0.3 is 0 Å². The number of benzene rings is 1. The molecule has 0 bridgehead atoms. The number of likely N-dealkylation sites (tertiary alicyclic amines) is 1. The standard InChI is InChI=1S/C21H36N4O3.HI/c1-22-21(23-11-6-14-28-16-15-26-2)24-17-20(25-12-4-5-13-25)18-7-9-19(27-3)10-8-18;/h7-10,20H,4-6,11-17H2,1-3H3,(H2,22,23,24);1H. The molecule has 0 aromatic heterocycles. The molecule has 1 aliphatic rings. The summed E-state index contributed by atoms with van der Waals surface area (Å²) in [6.07, 6.45) is 3.46. The molecule has 1 aromatic carbocycles. The number of halogens is 1. The Balaban J connectivity index is 0.00000420. The number of aliphatic imine (C=N–C) groups is 1. The zero-order valence-electron chi connectivity index (χ0n) is 18.0. The smallest absolute Gasteiger partial charge is 0.191 e. The van der Waals surface area contributed by atoms with Crippen molar-refractivity contribution in [1.82, 2.24) is 15.5 Å². The number of hydrogen-bond acceptors (Lipinski definition) is 5. The van der Waals surface area contributed by atoms with Crippen molar-refractivity contribution in [3.63, 3.8) is 0 Å². The Kier molecular flexibility index (Phi) is 14.0. The summed E-state index contributed by atoms with van der Waals surface area (Å²) in [4.78, 5) is 6.90. The van der Waals surface area contributed by atoms with Crippen LogP contribution >= 0.6 is 24.0 Å². The maximum Gasteiger partial charge on any atom is 0.191 e. The molecule has 0 spiro atoms. The third kappa shape index (κ3) is 9.50. The molecule has 1 saturated heterocycles. The fourth-order valence-corrected chi connectivity index (χ4v) is 3.38. The van der Waals surface area contributed by atoms with Crippen LogP contribution in [0.15, 0.2) is 29.3 Å². The Hall–Kier alpha value is -1.10. The predicted octanol–water partition coefficient (Wildman–Crippen LogP) is 2.67. The highest BCUT2D eigenvalue weighted by molar-refractivity contribution is 14.0. The number of guanidine groups is 1. The Morgan fingerprint density at radius 2 is 1.79 bits per heavy atom. The predicted molar refractivity (Wildman–Crippen MR) is 129 cm³/mol. The number of methoxy groups -OCH3 is 2. The summed E-state index contributed by atoms with van der Waals surface area (Å²) >= 11 is 0. The molecule has 1 aliphatic heterocycles. The van der Waals surface area contributed by atoms with E-state index in [-0.39, 0.29) is 24.0 Å². The van der Waals surface area contributed by atoms with Crippen molar-refractivity contribution in [1.29, 1.82) is 0 Å². The van der Waals surface area contributed by atoms with Crippen molar-refractivity contribution in [2.75, 3.05) is 67.3 Å². The van der Waals surface area contributed by atoms with Crippen molar-refractivity contribution in [3.05, 3.63) is 29.8 Å². The first-order valence-corrected chi connectivity index (χ1v) is 10.2. The van der Waals surface area contributed by atoms with Gasteiger partial charge in [-0.3, -0.25) is 9.89 Å². The topological polar surface area (TPSA) is 67.4 Å². The van der Waals surface area contributed by atoms with E-state index in [1.54, 1.807) is 14.2 Å². The molecule has 2 N–H and O–H groups in total. The molecule has 1 fully saturated rings. The quantitative estimate of drug-likeness (QED) is 0.191. The third-order valence-corrected chi connectivity index (χ3v) is 4.96. The summed E-state index contributed by atoms with van der Waals surface area (Å²) in [5.74, 6) is 1.72. The van der Waals surface area contributed by atoms with Crippen LogP contribution < -0.4 is 15.4 Å². The first-order valence-electron chi connectivity index (χ1n) is 10.2. The first kappa shape index (κ1) is 25.9. The molecule has 1 aromatic rings. The lowest BCUT2D eigenvalue weighted by molar-refractivity contribution is 0.0698. The number of nitrogens with zero attached hydrogens (tertiary/aromatic N) is 2.